The van der Waals surface area contributed by atoms with Crippen LogP contribution >= 0.6 is 23.2 Å². The summed E-state index contributed by atoms with van der Waals surface area (Å²) >= 11 is 11.5. The maximum Gasteiger partial charge on any atom is 0.228 e. The fraction of sp³-hybridized carbons (Fsp3) is 0.176. The lowest BCUT2D eigenvalue weighted by atomic mass is 10.2. The minimum atomic E-state index is -0.554. The Balaban J connectivity index is 1.55. The largest absolute Gasteiger partial charge is 0.326 e. The summed E-state index contributed by atoms with van der Waals surface area (Å²) in [5.41, 5.74) is 1.02. The molecule has 7 heteroatoms. The van der Waals surface area contributed by atoms with Crippen LogP contribution in [0.15, 0.2) is 42.5 Å². The number of hydrogen-bond donors (Lipinski definition) is 2. The summed E-state index contributed by atoms with van der Waals surface area (Å²) in [6, 6.07) is 10.7. The molecule has 0 spiro atoms. The highest BCUT2D eigenvalue weighted by Gasteiger charge is 2.48. The molecule has 0 saturated heterocycles. The maximum atomic E-state index is 13.1. The van der Waals surface area contributed by atoms with Crippen molar-refractivity contribution in [3.8, 4) is 0 Å². The van der Waals surface area contributed by atoms with Crippen LogP contribution in [0.2, 0.25) is 10.0 Å². The average Bonchev–Trinajstić information content (AvgIpc) is 3.34. The van der Waals surface area contributed by atoms with Crippen molar-refractivity contribution in [3.63, 3.8) is 0 Å². The van der Waals surface area contributed by atoms with Gasteiger partial charge in [-0.3, -0.25) is 9.59 Å². The van der Waals surface area contributed by atoms with Gasteiger partial charge in [0, 0.05) is 16.4 Å². The second kappa shape index (κ2) is 6.79. The lowest BCUT2D eigenvalue weighted by Crippen LogP contribution is -2.20. The number of benzene rings is 2. The third kappa shape index (κ3) is 3.86. The summed E-state index contributed by atoms with van der Waals surface area (Å²) < 4.78 is 13.1. The van der Waals surface area contributed by atoms with E-state index in [0.717, 1.165) is 0 Å². The van der Waals surface area contributed by atoms with E-state index in [0.29, 0.717) is 22.8 Å². The number of halogens is 3. The molecule has 1 aliphatic carbocycles. The van der Waals surface area contributed by atoms with E-state index in [1.54, 1.807) is 24.3 Å². The third-order valence-electron chi connectivity index (χ3n) is 3.76. The van der Waals surface area contributed by atoms with E-state index in [-0.39, 0.29) is 22.8 Å². The smallest absolute Gasteiger partial charge is 0.228 e. The molecule has 1 fully saturated rings. The van der Waals surface area contributed by atoms with Crippen molar-refractivity contribution in [1.82, 2.24) is 0 Å². The molecule has 0 aliphatic heterocycles. The Morgan fingerprint density at radius 3 is 2.04 bits per heavy atom. The van der Waals surface area contributed by atoms with Crippen molar-refractivity contribution < 1.29 is 14.0 Å². The Morgan fingerprint density at radius 2 is 1.46 bits per heavy atom. The minimum Gasteiger partial charge on any atom is -0.326 e. The first-order valence-electron chi connectivity index (χ1n) is 7.26. The van der Waals surface area contributed by atoms with Gasteiger partial charge in [0.15, 0.2) is 0 Å². The topological polar surface area (TPSA) is 58.2 Å². The number of carbonyl (C=O) groups excluding carboxylic acids is 2. The van der Waals surface area contributed by atoms with Crippen LogP contribution in [0.1, 0.15) is 6.42 Å². The molecule has 0 aromatic heterocycles. The summed E-state index contributed by atoms with van der Waals surface area (Å²) in [6.45, 7) is 0. The van der Waals surface area contributed by atoms with Gasteiger partial charge in [-0.1, -0.05) is 23.2 Å². The number of amides is 2. The van der Waals surface area contributed by atoms with Crippen molar-refractivity contribution in [3.05, 3.63) is 58.3 Å². The van der Waals surface area contributed by atoms with E-state index >= 15 is 0 Å². The Hall–Kier alpha value is -2.11. The molecule has 124 valence electrons. The van der Waals surface area contributed by atoms with Gasteiger partial charge in [0.1, 0.15) is 5.82 Å². The Morgan fingerprint density at radius 1 is 0.917 bits per heavy atom. The van der Waals surface area contributed by atoms with E-state index in [9.17, 15) is 14.0 Å². The molecule has 2 amide bonds. The van der Waals surface area contributed by atoms with Crippen molar-refractivity contribution >= 4 is 46.4 Å². The van der Waals surface area contributed by atoms with E-state index in [4.69, 9.17) is 23.2 Å². The number of carbonyl (C=O) groups is 2. The summed E-state index contributed by atoms with van der Waals surface area (Å²) in [6.07, 6.45) is 0.472. The van der Waals surface area contributed by atoms with Crippen LogP contribution in [-0.2, 0) is 9.59 Å². The molecule has 2 unspecified atom stereocenters. The van der Waals surface area contributed by atoms with Gasteiger partial charge < -0.3 is 10.6 Å². The summed E-state index contributed by atoms with van der Waals surface area (Å²) in [5, 5.41) is 5.90. The van der Waals surface area contributed by atoms with Crippen molar-refractivity contribution in [2.75, 3.05) is 10.6 Å². The Bertz CT molecular complexity index is 796. The van der Waals surface area contributed by atoms with E-state index < -0.39 is 11.7 Å². The molecular weight excluding hydrogens is 354 g/mol. The predicted octanol–water partition coefficient (Wildman–Crippen LogP) is 4.35. The first-order chi connectivity index (χ1) is 11.4. The molecule has 1 aliphatic rings. The van der Waals surface area contributed by atoms with Crippen LogP contribution in [0.25, 0.3) is 0 Å². The monoisotopic (exact) mass is 366 g/mol. The molecule has 0 bridgehead atoms. The second-order valence-corrected chi connectivity index (χ2v) is 6.41. The highest BCUT2D eigenvalue weighted by molar-refractivity contribution is 6.31. The van der Waals surface area contributed by atoms with Crippen molar-refractivity contribution in [2.24, 2.45) is 11.8 Å². The average molecular weight is 367 g/mol. The number of nitrogens with one attached hydrogen (secondary N) is 2. The normalized spacial score (nSPS) is 18.8. The molecule has 24 heavy (non-hydrogen) atoms. The van der Waals surface area contributed by atoms with Gasteiger partial charge in [0.2, 0.25) is 11.8 Å². The first kappa shape index (κ1) is 16.7. The summed E-state index contributed by atoms with van der Waals surface area (Å²) in [7, 11) is 0. The molecule has 2 aromatic carbocycles. The van der Waals surface area contributed by atoms with Crippen molar-refractivity contribution in [2.45, 2.75) is 6.42 Å². The third-order valence-corrected chi connectivity index (χ3v) is 4.30. The molecule has 4 nitrogen and oxygen atoms in total. The van der Waals surface area contributed by atoms with Crippen LogP contribution in [0.3, 0.4) is 0 Å². The van der Waals surface area contributed by atoms with Crippen molar-refractivity contribution in [1.29, 1.82) is 0 Å². The van der Waals surface area contributed by atoms with Crippen LogP contribution in [-0.4, -0.2) is 11.8 Å². The van der Waals surface area contributed by atoms with Crippen LogP contribution in [0.4, 0.5) is 15.8 Å². The molecule has 3 rings (SSSR count). The molecular formula is C17H13Cl2FN2O2. The minimum absolute atomic E-state index is 0.0689. The first-order valence-corrected chi connectivity index (χ1v) is 8.02. The van der Waals surface area contributed by atoms with Gasteiger partial charge in [-0.25, -0.2) is 4.39 Å². The summed E-state index contributed by atoms with van der Waals surface area (Å²) in [4.78, 5) is 24.3. The Kier molecular flexibility index (Phi) is 4.73. The number of hydrogen-bond acceptors (Lipinski definition) is 2. The fourth-order valence-corrected chi connectivity index (χ4v) is 2.66. The van der Waals surface area contributed by atoms with Gasteiger partial charge >= 0.3 is 0 Å². The SMILES string of the molecule is O=C(Nc1ccc(Cl)cc1)C1CC1C(=O)Nc1ccc(F)c(Cl)c1. The summed E-state index contributed by atoms with van der Waals surface area (Å²) in [5.74, 6) is -1.83. The number of anilines is 2. The molecule has 2 atom stereocenters. The Labute approximate surface area is 148 Å². The quantitative estimate of drug-likeness (QED) is 0.844. The van der Waals surface area contributed by atoms with E-state index in [2.05, 4.69) is 10.6 Å². The van der Waals surface area contributed by atoms with Gasteiger partial charge in [0.05, 0.1) is 16.9 Å². The zero-order valence-electron chi connectivity index (χ0n) is 12.4. The van der Waals surface area contributed by atoms with E-state index in [1.807, 2.05) is 0 Å². The molecule has 1 saturated carbocycles. The lowest BCUT2D eigenvalue weighted by Gasteiger charge is -2.07. The standard InChI is InChI=1S/C17H13Cl2FN2O2/c18-9-1-3-10(4-2-9)21-16(23)12-8-13(12)17(24)22-11-5-6-15(20)14(19)7-11/h1-7,12-13H,8H2,(H,21,23)(H,22,24). The fourth-order valence-electron chi connectivity index (χ4n) is 2.35. The van der Waals surface area contributed by atoms with Gasteiger partial charge in [-0.15, -0.1) is 0 Å². The highest BCUT2D eigenvalue weighted by Crippen LogP contribution is 2.40. The van der Waals surface area contributed by atoms with E-state index in [1.165, 1.54) is 18.2 Å². The predicted molar refractivity (Wildman–Crippen MR) is 91.7 cm³/mol. The molecule has 0 heterocycles. The van der Waals surface area contributed by atoms with Crippen LogP contribution in [0, 0.1) is 17.7 Å². The van der Waals surface area contributed by atoms with Gasteiger partial charge in [-0.05, 0) is 48.9 Å². The number of rotatable bonds is 4. The van der Waals surface area contributed by atoms with Gasteiger partial charge in [-0.2, -0.15) is 0 Å². The molecule has 0 radical (unpaired) electrons. The second-order valence-electron chi connectivity index (χ2n) is 5.56. The van der Waals surface area contributed by atoms with Crippen LogP contribution in [0.5, 0.6) is 0 Å². The zero-order chi connectivity index (χ0) is 17.3. The maximum absolute atomic E-state index is 13.1. The van der Waals surface area contributed by atoms with Crippen LogP contribution < -0.4 is 10.6 Å². The zero-order valence-corrected chi connectivity index (χ0v) is 13.9. The molecule has 2 N–H and O–H groups in total. The highest BCUT2D eigenvalue weighted by atomic mass is 35.5. The van der Waals surface area contributed by atoms with Gasteiger partial charge in [0.25, 0.3) is 0 Å². The lowest BCUT2D eigenvalue weighted by molar-refractivity contribution is -0.122. The molecule has 2 aromatic rings.